The zero-order valence-electron chi connectivity index (χ0n) is 13.1. The zero-order chi connectivity index (χ0) is 17.9. The first-order valence-corrected chi connectivity index (χ1v) is 7.59. The smallest absolute Gasteiger partial charge is 0.357 e. The van der Waals surface area contributed by atoms with Gasteiger partial charge in [-0.1, -0.05) is 12.7 Å². The van der Waals surface area contributed by atoms with Crippen LogP contribution in [0.5, 0.6) is 0 Å². The van der Waals surface area contributed by atoms with E-state index >= 15 is 0 Å². The molecule has 0 saturated heterocycles. The molecule has 126 valence electrons. The van der Waals surface area contributed by atoms with Gasteiger partial charge in [0.15, 0.2) is 5.69 Å². The van der Waals surface area contributed by atoms with Gasteiger partial charge in [-0.05, 0) is 19.7 Å². The fraction of sp³-hybridized carbons (Fsp3) is 0.250. The number of fused-ring (bicyclic) bond motifs is 1. The summed E-state index contributed by atoms with van der Waals surface area (Å²) < 4.78 is 1.51. The third-order valence-corrected chi connectivity index (χ3v) is 3.88. The van der Waals surface area contributed by atoms with Crippen LogP contribution in [0.1, 0.15) is 29.9 Å². The molecule has 2 heterocycles. The summed E-state index contributed by atoms with van der Waals surface area (Å²) in [6.45, 7) is 8.91. The van der Waals surface area contributed by atoms with Crippen molar-refractivity contribution in [3.05, 3.63) is 52.7 Å². The van der Waals surface area contributed by atoms with Gasteiger partial charge in [-0.15, -0.1) is 11.6 Å². The lowest BCUT2D eigenvalue weighted by atomic mass is 10.1. The molecule has 0 bridgehead atoms. The lowest BCUT2D eigenvalue weighted by Gasteiger charge is -2.21. The van der Waals surface area contributed by atoms with Gasteiger partial charge >= 0.3 is 5.97 Å². The van der Waals surface area contributed by atoms with Crippen LogP contribution in [0.4, 0.5) is 0 Å². The molecule has 0 fully saturated rings. The number of carbonyl (C=O) groups is 1. The molecule has 2 aromatic heterocycles. The third-order valence-electron chi connectivity index (χ3n) is 3.59. The molecule has 1 unspecified atom stereocenters. The van der Waals surface area contributed by atoms with Crippen molar-refractivity contribution in [3.63, 3.8) is 0 Å². The third kappa shape index (κ3) is 3.46. The van der Waals surface area contributed by atoms with E-state index in [0.717, 1.165) is 0 Å². The highest BCUT2D eigenvalue weighted by atomic mass is 35.5. The Morgan fingerprint density at radius 2 is 2.33 bits per heavy atom. The van der Waals surface area contributed by atoms with Crippen LogP contribution in [0.3, 0.4) is 0 Å². The largest absolute Gasteiger partial charge is 0.476 e. The predicted octanol–water partition coefficient (Wildman–Crippen LogP) is 2.75. The Hall–Kier alpha value is -2.67. The zero-order valence-corrected chi connectivity index (χ0v) is 13.8. The van der Waals surface area contributed by atoms with E-state index in [1.165, 1.54) is 16.9 Å². The first kappa shape index (κ1) is 17.7. The van der Waals surface area contributed by atoms with Gasteiger partial charge in [0, 0.05) is 29.8 Å². The molecule has 0 aliphatic carbocycles. The maximum absolute atomic E-state index is 11.5. The van der Waals surface area contributed by atoms with E-state index in [9.17, 15) is 14.7 Å². The standard InChI is InChI=1S/C16H17ClN4O3/c1-4-5-10(18-3)6-12(9(2)17)21-13-8-19-14(22)7-11(13)15(20-21)16(23)24/h4-5,7-9,12H,1,3,6H2,2H3,(H,19,22)(H,23,24)/b10-5+/t9?,12-/m1/s1. The van der Waals surface area contributed by atoms with E-state index in [4.69, 9.17) is 11.6 Å². The van der Waals surface area contributed by atoms with Crippen molar-refractivity contribution in [2.45, 2.75) is 24.8 Å². The van der Waals surface area contributed by atoms with E-state index in [1.54, 1.807) is 19.1 Å². The second-order valence-electron chi connectivity index (χ2n) is 5.20. The highest BCUT2D eigenvalue weighted by molar-refractivity contribution is 6.20. The molecule has 2 aromatic rings. The fourth-order valence-corrected chi connectivity index (χ4v) is 2.64. The van der Waals surface area contributed by atoms with Crippen LogP contribution in [0.15, 0.2) is 46.5 Å². The molecular formula is C16H17ClN4O3. The average Bonchev–Trinajstić information content (AvgIpc) is 2.89. The number of carboxylic acids is 1. The lowest BCUT2D eigenvalue weighted by Crippen LogP contribution is -2.20. The molecule has 8 heteroatoms. The molecular weight excluding hydrogens is 332 g/mol. The molecule has 0 aliphatic rings. The van der Waals surface area contributed by atoms with Crippen molar-refractivity contribution in [2.75, 3.05) is 0 Å². The van der Waals surface area contributed by atoms with Crippen molar-refractivity contribution in [1.82, 2.24) is 14.8 Å². The number of rotatable bonds is 7. The minimum atomic E-state index is -1.21. The van der Waals surface area contributed by atoms with Crippen molar-refractivity contribution in [3.8, 4) is 0 Å². The number of alkyl halides is 1. The number of aromatic nitrogens is 3. The highest BCUT2D eigenvalue weighted by Crippen LogP contribution is 2.29. The number of nitrogens with one attached hydrogen (secondary N) is 1. The molecule has 7 nitrogen and oxygen atoms in total. The van der Waals surface area contributed by atoms with E-state index in [2.05, 4.69) is 28.4 Å². The number of carboxylic acid groups (broad SMARTS) is 1. The average molecular weight is 349 g/mol. The van der Waals surface area contributed by atoms with E-state index in [0.29, 0.717) is 17.6 Å². The summed E-state index contributed by atoms with van der Waals surface area (Å²) in [6, 6.07) is 0.828. The second kappa shape index (κ2) is 7.27. The van der Waals surface area contributed by atoms with E-state index in [1.807, 2.05) is 0 Å². The number of H-pyrrole nitrogens is 1. The van der Waals surface area contributed by atoms with Crippen LogP contribution in [0, 0.1) is 0 Å². The summed E-state index contributed by atoms with van der Waals surface area (Å²) in [5.41, 5.74) is 0.526. The Morgan fingerprint density at radius 3 is 2.88 bits per heavy atom. The number of hydrogen-bond acceptors (Lipinski definition) is 4. The monoisotopic (exact) mass is 348 g/mol. The number of aromatic carboxylic acids is 1. The highest BCUT2D eigenvalue weighted by Gasteiger charge is 2.25. The van der Waals surface area contributed by atoms with Gasteiger partial charge in [0.2, 0.25) is 5.56 Å². The van der Waals surface area contributed by atoms with Crippen LogP contribution in [-0.2, 0) is 0 Å². The molecule has 0 aromatic carbocycles. The normalized spacial score (nSPS) is 14.3. The van der Waals surface area contributed by atoms with Crippen LogP contribution in [0.25, 0.3) is 10.9 Å². The van der Waals surface area contributed by atoms with Crippen molar-refractivity contribution in [2.24, 2.45) is 4.99 Å². The Balaban J connectivity index is 2.64. The van der Waals surface area contributed by atoms with Crippen molar-refractivity contribution < 1.29 is 9.90 Å². The maximum Gasteiger partial charge on any atom is 0.357 e. The summed E-state index contributed by atoms with van der Waals surface area (Å²) in [5, 5.41) is 13.4. The molecule has 2 N–H and O–H groups in total. The van der Waals surface area contributed by atoms with Crippen LogP contribution >= 0.6 is 11.6 Å². The van der Waals surface area contributed by atoms with Gasteiger partial charge in [-0.25, -0.2) is 4.79 Å². The Kier molecular flexibility index (Phi) is 5.35. The number of allylic oxidation sites excluding steroid dienone is 3. The van der Waals surface area contributed by atoms with E-state index < -0.39 is 11.5 Å². The minimum Gasteiger partial charge on any atom is -0.476 e. The first-order valence-electron chi connectivity index (χ1n) is 7.15. The van der Waals surface area contributed by atoms with Crippen LogP contribution in [0.2, 0.25) is 0 Å². The van der Waals surface area contributed by atoms with Gasteiger partial charge in [0.25, 0.3) is 0 Å². The number of nitrogens with zero attached hydrogens (tertiary/aromatic N) is 3. The predicted molar refractivity (Wildman–Crippen MR) is 94.1 cm³/mol. The number of aromatic amines is 1. The molecule has 0 saturated carbocycles. The van der Waals surface area contributed by atoms with Crippen LogP contribution in [-0.4, -0.2) is 37.9 Å². The number of halogens is 1. The first-order chi connectivity index (χ1) is 11.4. The minimum absolute atomic E-state index is 0.195. The summed E-state index contributed by atoms with van der Waals surface area (Å²) in [4.78, 5) is 29.4. The van der Waals surface area contributed by atoms with Gasteiger partial charge in [-0.2, -0.15) is 5.10 Å². The van der Waals surface area contributed by atoms with Gasteiger partial charge in [0.1, 0.15) is 0 Å². The Labute approximate surface area is 143 Å². The molecule has 0 spiro atoms. The molecule has 0 radical (unpaired) electrons. The number of aliphatic imine (C=N–C) groups is 1. The SMILES string of the molecule is C=C/C=C(\C[C@H](C(C)Cl)n1nc(C(=O)O)c2cc(=O)[nH]cc21)N=C. The van der Waals surface area contributed by atoms with Gasteiger partial charge in [0.05, 0.1) is 16.9 Å². The van der Waals surface area contributed by atoms with E-state index in [-0.39, 0.29) is 22.5 Å². The quantitative estimate of drug-likeness (QED) is 0.456. The summed E-state index contributed by atoms with van der Waals surface area (Å²) in [5.74, 6) is -1.21. The topological polar surface area (TPSA) is 100 Å². The van der Waals surface area contributed by atoms with Crippen LogP contribution < -0.4 is 5.56 Å². The van der Waals surface area contributed by atoms with Crippen molar-refractivity contribution in [1.29, 1.82) is 0 Å². The Morgan fingerprint density at radius 1 is 1.62 bits per heavy atom. The maximum atomic E-state index is 11.5. The second-order valence-corrected chi connectivity index (χ2v) is 5.88. The van der Waals surface area contributed by atoms with Crippen molar-refractivity contribution >= 4 is 35.2 Å². The van der Waals surface area contributed by atoms with Gasteiger partial charge in [-0.3, -0.25) is 14.5 Å². The summed E-state index contributed by atoms with van der Waals surface area (Å²) in [6.07, 6.45) is 5.10. The lowest BCUT2D eigenvalue weighted by molar-refractivity contribution is 0.0691. The molecule has 0 aliphatic heterocycles. The fourth-order valence-electron chi connectivity index (χ4n) is 2.45. The molecule has 2 atom stereocenters. The molecule has 0 amide bonds. The molecule has 24 heavy (non-hydrogen) atoms. The number of pyridine rings is 1. The Bertz CT molecular complexity index is 879. The number of hydrogen-bond donors (Lipinski definition) is 2. The molecule has 2 rings (SSSR count). The summed E-state index contributed by atoms with van der Waals surface area (Å²) in [7, 11) is 0. The van der Waals surface area contributed by atoms with Gasteiger partial charge < -0.3 is 10.1 Å². The summed E-state index contributed by atoms with van der Waals surface area (Å²) >= 11 is 6.30.